The highest BCUT2D eigenvalue weighted by Gasteiger charge is 2.08. The molecule has 2 rings (SSSR count). The summed E-state index contributed by atoms with van der Waals surface area (Å²) in [5, 5.41) is 4.41. The number of benzene rings is 1. The highest BCUT2D eigenvalue weighted by atomic mass is 127. The van der Waals surface area contributed by atoms with Crippen molar-refractivity contribution in [3.8, 4) is 0 Å². The van der Waals surface area contributed by atoms with Crippen LogP contribution in [0.25, 0.3) is 0 Å². The number of nitrogens with one attached hydrogen (secondary N) is 1. The molecule has 0 unspecified atom stereocenters. The first kappa shape index (κ1) is 11.5. The Morgan fingerprint density at radius 1 is 1.38 bits per heavy atom. The molecule has 0 aliphatic heterocycles. The van der Waals surface area contributed by atoms with E-state index in [-0.39, 0.29) is 11.7 Å². The Labute approximate surface area is 110 Å². The van der Waals surface area contributed by atoms with E-state index in [9.17, 15) is 9.18 Å². The average Bonchev–Trinajstić information content (AvgIpc) is 2.65. The van der Waals surface area contributed by atoms with Crippen molar-refractivity contribution in [2.24, 2.45) is 0 Å². The summed E-state index contributed by atoms with van der Waals surface area (Å²) in [4.78, 5) is 11.7. The molecule has 0 atom stereocenters. The number of carbonyl (C=O) groups is 1. The molecule has 5 heteroatoms. The van der Waals surface area contributed by atoms with Gasteiger partial charge in [0.05, 0.1) is 8.45 Å². The van der Waals surface area contributed by atoms with Crippen molar-refractivity contribution in [3.05, 3.63) is 50.0 Å². The second-order valence-corrected chi connectivity index (χ2v) is 5.91. The molecule has 0 spiro atoms. The van der Waals surface area contributed by atoms with Gasteiger partial charge in [0.25, 0.3) is 5.91 Å². The molecule has 0 bridgehead atoms. The molecule has 1 heterocycles. The Morgan fingerprint density at radius 3 is 2.81 bits per heavy atom. The van der Waals surface area contributed by atoms with E-state index in [0.717, 1.165) is 2.88 Å². The fourth-order valence-electron chi connectivity index (χ4n) is 1.20. The summed E-state index contributed by atoms with van der Waals surface area (Å²) in [6.07, 6.45) is 0. The number of thiophene rings is 1. The van der Waals surface area contributed by atoms with Gasteiger partial charge in [0.1, 0.15) is 5.82 Å². The van der Waals surface area contributed by atoms with Crippen LogP contribution >= 0.6 is 33.9 Å². The van der Waals surface area contributed by atoms with Crippen LogP contribution in [-0.4, -0.2) is 5.91 Å². The van der Waals surface area contributed by atoms with Crippen molar-refractivity contribution >= 4 is 45.5 Å². The smallest absolute Gasteiger partial charge is 0.256 e. The summed E-state index contributed by atoms with van der Waals surface area (Å²) >= 11 is 3.65. The first-order valence-electron chi connectivity index (χ1n) is 4.46. The number of hydrogen-bond donors (Lipinski definition) is 1. The van der Waals surface area contributed by atoms with Gasteiger partial charge in [-0.25, -0.2) is 4.39 Å². The van der Waals surface area contributed by atoms with E-state index in [2.05, 4.69) is 27.9 Å². The molecule has 0 fully saturated rings. The van der Waals surface area contributed by atoms with E-state index in [0.29, 0.717) is 11.3 Å². The van der Waals surface area contributed by atoms with E-state index >= 15 is 0 Å². The molecule has 0 saturated carbocycles. The molecule has 0 radical (unpaired) electrons. The Bertz CT molecular complexity index is 526. The first-order chi connectivity index (χ1) is 7.65. The van der Waals surface area contributed by atoms with Gasteiger partial charge in [-0.2, -0.15) is 0 Å². The molecule has 2 aromatic rings. The molecular weight excluding hydrogens is 340 g/mol. The van der Waals surface area contributed by atoms with Gasteiger partial charge in [-0.1, -0.05) is 6.07 Å². The van der Waals surface area contributed by atoms with E-state index in [1.54, 1.807) is 23.6 Å². The SMILES string of the molecule is O=C(Nc1cccc(F)c1)c1csc(I)c1. The number of halogens is 2. The third kappa shape index (κ3) is 2.79. The number of anilines is 1. The third-order valence-electron chi connectivity index (χ3n) is 1.91. The molecule has 1 aromatic carbocycles. The van der Waals surface area contributed by atoms with E-state index in [4.69, 9.17) is 0 Å². The Balaban J connectivity index is 2.13. The topological polar surface area (TPSA) is 29.1 Å². The van der Waals surface area contributed by atoms with Crippen LogP contribution in [0, 0.1) is 8.70 Å². The van der Waals surface area contributed by atoms with Gasteiger partial charge < -0.3 is 5.32 Å². The standard InChI is InChI=1S/C11H7FINOS/c12-8-2-1-3-9(5-8)14-11(15)7-4-10(13)16-6-7/h1-6H,(H,14,15). The predicted molar refractivity (Wildman–Crippen MR) is 71.4 cm³/mol. The minimum Gasteiger partial charge on any atom is -0.322 e. The van der Waals surface area contributed by atoms with Crippen molar-refractivity contribution < 1.29 is 9.18 Å². The van der Waals surface area contributed by atoms with E-state index < -0.39 is 0 Å². The van der Waals surface area contributed by atoms with Gasteiger partial charge in [-0.15, -0.1) is 11.3 Å². The monoisotopic (exact) mass is 347 g/mol. The van der Waals surface area contributed by atoms with Gasteiger partial charge in [0.2, 0.25) is 0 Å². The van der Waals surface area contributed by atoms with Crippen molar-refractivity contribution in [3.63, 3.8) is 0 Å². The summed E-state index contributed by atoms with van der Waals surface area (Å²) in [6.45, 7) is 0. The molecular formula is C11H7FINOS. The maximum absolute atomic E-state index is 12.9. The van der Waals surface area contributed by atoms with Gasteiger partial charge in [0.15, 0.2) is 0 Å². The second-order valence-electron chi connectivity index (χ2n) is 3.10. The summed E-state index contributed by atoms with van der Waals surface area (Å²) in [5.41, 5.74) is 1.06. The fourth-order valence-corrected chi connectivity index (χ4v) is 2.53. The lowest BCUT2D eigenvalue weighted by molar-refractivity contribution is 0.102. The lowest BCUT2D eigenvalue weighted by atomic mass is 10.2. The van der Waals surface area contributed by atoms with Gasteiger partial charge >= 0.3 is 0 Å². The Kier molecular flexibility index (Phi) is 3.55. The van der Waals surface area contributed by atoms with Crippen LogP contribution in [0.4, 0.5) is 10.1 Å². The molecule has 2 nitrogen and oxygen atoms in total. The van der Waals surface area contributed by atoms with Crippen molar-refractivity contribution in [1.29, 1.82) is 0 Å². The number of hydrogen-bond acceptors (Lipinski definition) is 2. The average molecular weight is 347 g/mol. The summed E-state index contributed by atoms with van der Waals surface area (Å²) in [6, 6.07) is 7.62. The van der Waals surface area contributed by atoms with Crippen LogP contribution in [-0.2, 0) is 0 Å². The van der Waals surface area contributed by atoms with Crippen molar-refractivity contribution in [2.75, 3.05) is 5.32 Å². The highest BCUT2D eigenvalue weighted by molar-refractivity contribution is 14.1. The van der Waals surface area contributed by atoms with Gasteiger partial charge in [-0.05, 0) is 46.9 Å². The first-order valence-corrected chi connectivity index (χ1v) is 6.42. The van der Waals surface area contributed by atoms with E-state index in [1.807, 2.05) is 0 Å². The Morgan fingerprint density at radius 2 is 2.19 bits per heavy atom. The van der Waals surface area contributed by atoms with Crippen LogP contribution < -0.4 is 5.32 Å². The maximum atomic E-state index is 12.9. The van der Waals surface area contributed by atoms with Crippen LogP contribution in [0.5, 0.6) is 0 Å². The zero-order valence-corrected chi connectivity index (χ0v) is 11.0. The van der Waals surface area contributed by atoms with Crippen LogP contribution in [0.1, 0.15) is 10.4 Å². The van der Waals surface area contributed by atoms with Crippen LogP contribution in [0.15, 0.2) is 35.7 Å². The van der Waals surface area contributed by atoms with Crippen molar-refractivity contribution in [2.45, 2.75) is 0 Å². The quantitative estimate of drug-likeness (QED) is 0.824. The summed E-state index contributed by atoms with van der Waals surface area (Å²) in [7, 11) is 0. The molecule has 0 aliphatic carbocycles. The van der Waals surface area contributed by atoms with Crippen LogP contribution in [0.3, 0.4) is 0 Å². The fraction of sp³-hybridized carbons (Fsp3) is 0. The van der Waals surface area contributed by atoms with Gasteiger partial charge in [-0.3, -0.25) is 4.79 Å². The molecule has 1 N–H and O–H groups in total. The lowest BCUT2D eigenvalue weighted by Crippen LogP contribution is -2.10. The summed E-state index contributed by atoms with van der Waals surface area (Å²) in [5.74, 6) is -0.581. The largest absolute Gasteiger partial charge is 0.322 e. The zero-order chi connectivity index (χ0) is 11.5. The highest BCUT2D eigenvalue weighted by Crippen LogP contribution is 2.18. The number of amides is 1. The molecule has 16 heavy (non-hydrogen) atoms. The number of carbonyl (C=O) groups excluding carboxylic acids is 1. The molecule has 82 valence electrons. The second kappa shape index (κ2) is 4.92. The van der Waals surface area contributed by atoms with Crippen LogP contribution in [0.2, 0.25) is 0 Å². The minimum absolute atomic E-state index is 0.218. The predicted octanol–water partition coefficient (Wildman–Crippen LogP) is 3.74. The Hall–Kier alpha value is -0.950. The van der Waals surface area contributed by atoms with Crippen molar-refractivity contribution in [1.82, 2.24) is 0 Å². The maximum Gasteiger partial charge on any atom is 0.256 e. The van der Waals surface area contributed by atoms with E-state index in [1.165, 1.54) is 23.5 Å². The minimum atomic E-state index is -0.363. The molecule has 0 aliphatic rings. The molecule has 1 aromatic heterocycles. The lowest BCUT2D eigenvalue weighted by Gasteiger charge is -2.02. The summed E-state index contributed by atoms with van der Waals surface area (Å²) < 4.78 is 13.9. The number of rotatable bonds is 2. The molecule has 1 amide bonds. The normalized spacial score (nSPS) is 10.1. The van der Waals surface area contributed by atoms with Gasteiger partial charge in [0, 0.05) is 11.1 Å². The zero-order valence-electron chi connectivity index (χ0n) is 8.04. The third-order valence-corrected chi connectivity index (χ3v) is 3.70. The molecule has 0 saturated heterocycles.